The van der Waals surface area contributed by atoms with Gasteiger partial charge in [-0.2, -0.15) is 5.26 Å². The Morgan fingerprint density at radius 2 is 2.42 bits per heavy atom. The van der Waals surface area contributed by atoms with Gasteiger partial charge in [0.2, 0.25) is 5.91 Å². The van der Waals surface area contributed by atoms with Crippen molar-refractivity contribution >= 4 is 23.2 Å². The molecule has 0 radical (unpaired) electrons. The van der Waals surface area contributed by atoms with Gasteiger partial charge in [-0.05, 0) is 50.0 Å². The van der Waals surface area contributed by atoms with Crippen molar-refractivity contribution in [3.63, 3.8) is 0 Å². The summed E-state index contributed by atoms with van der Waals surface area (Å²) in [6.07, 6.45) is 2.74. The lowest BCUT2D eigenvalue weighted by atomic mass is 9.96. The van der Waals surface area contributed by atoms with Gasteiger partial charge >= 0.3 is 0 Å². The molecule has 4 nitrogen and oxygen atoms in total. The summed E-state index contributed by atoms with van der Waals surface area (Å²) in [4.78, 5) is 11.9. The van der Waals surface area contributed by atoms with Crippen molar-refractivity contribution in [1.82, 2.24) is 5.32 Å². The molecule has 1 saturated heterocycles. The third-order valence-electron chi connectivity index (χ3n) is 3.25. The maximum Gasteiger partial charge on any atom is 0.224 e. The molecule has 0 aromatic heterocycles. The number of benzene rings is 1. The van der Waals surface area contributed by atoms with Gasteiger partial charge in [0.1, 0.15) is 6.07 Å². The van der Waals surface area contributed by atoms with Crippen LogP contribution in [0.15, 0.2) is 18.2 Å². The van der Waals surface area contributed by atoms with Crippen molar-refractivity contribution in [1.29, 1.82) is 5.26 Å². The lowest BCUT2D eigenvalue weighted by molar-refractivity contribution is -0.117. The molecule has 1 amide bonds. The smallest absolute Gasteiger partial charge is 0.224 e. The number of carbonyl (C=O) groups is 1. The number of nitriles is 1. The Hall–Kier alpha value is -1.57. The van der Waals surface area contributed by atoms with E-state index in [0.29, 0.717) is 28.6 Å². The fraction of sp³-hybridized carbons (Fsp3) is 0.429. The van der Waals surface area contributed by atoms with Gasteiger partial charge in [-0.3, -0.25) is 4.79 Å². The van der Waals surface area contributed by atoms with Gasteiger partial charge in [0.15, 0.2) is 0 Å². The van der Waals surface area contributed by atoms with Gasteiger partial charge in [-0.1, -0.05) is 11.6 Å². The number of carbonyl (C=O) groups excluding carboxylic acids is 1. The van der Waals surface area contributed by atoms with Crippen LogP contribution in [0.4, 0.5) is 5.69 Å². The summed E-state index contributed by atoms with van der Waals surface area (Å²) in [5.41, 5.74) is 1.05. The third kappa shape index (κ3) is 3.95. The van der Waals surface area contributed by atoms with E-state index in [1.54, 1.807) is 18.2 Å². The zero-order valence-corrected chi connectivity index (χ0v) is 11.3. The summed E-state index contributed by atoms with van der Waals surface area (Å²) in [6, 6.07) is 6.90. The molecule has 2 rings (SSSR count). The first-order valence-corrected chi connectivity index (χ1v) is 6.77. The van der Waals surface area contributed by atoms with Crippen LogP contribution in [0.3, 0.4) is 0 Å². The van der Waals surface area contributed by atoms with Gasteiger partial charge in [-0.25, -0.2) is 0 Å². The first-order chi connectivity index (χ1) is 9.19. The summed E-state index contributed by atoms with van der Waals surface area (Å²) < 4.78 is 0. The molecule has 0 spiro atoms. The SMILES string of the molecule is N#Cc1ccc(NC(=O)CC2CCCNC2)cc1Cl. The van der Waals surface area contributed by atoms with Crippen molar-refractivity contribution in [2.75, 3.05) is 18.4 Å². The zero-order chi connectivity index (χ0) is 13.7. The number of amides is 1. The molecule has 1 heterocycles. The maximum absolute atomic E-state index is 11.9. The summed E-state index contributed by atoms with van der Waals surface area (Å²) in [5.74, 6) is 0.400. The lowest BCUT2D eigenvalue weighted by Crippen LogP contribution is -2.32. The molecule has 0 aliphatic carbocycles. The second kappa shape index (κ2) is 6.55. The first kappa shape index (κ1) is 13.9. The fourth-order valence-corrected chi connectivity index (χ4v) is 2.48. The molecule has 1 aromatic carbocycles. The van der Waals surface area contributed by atoms with E-state index in [9.17, 15) is 4.79 Å². The first-order valence-electron chi connectivity index (χ1n) is 6.39. The van der Waals surface area contributed by atoms with Crippen molar-refractivity contribution in [2.45, 2.75) is 19.3 Å². The minimum Gasteiger partial charge on any atom is -0.326 e. The Kier molecular flexibility index (Phi) is 4.78. The van der Waals surface area contributed by atoms with E-state index in [2.05, 4.69) is 10.6 Å². The molecular weight excluding hydrogens is 262 g/mol. The Morgan fingerprint density at radius 1 is 1.58 bits per heavy atom. The Bertz CT molecular complexity index is 504. The average molecular weight is 278 g/mol. The molecule has 0 bridgehead atoms. The Balaban J connectivity index is 1.91. The zero-order valence-electron chi connectivity index (χ0n) is 10.6. The van der Waals surface area contributed by atoms with Crippen LogP contribution >= 0.6 is 11.6 Å². The highest BCUT2D eigenvalue weighted by atomic mass is 35.5. The number of hydrogen-bond acceptors (Lipinski definition) is 3. The summed E-state index contributed by atoms with van der Waals surface area (Å²) in [5, 5.41) is 15.3. The predicted molar refractivity (Wildman–Crippen MR) is 75.0 cm³/mol. The average Bonchev–Trinajstić information content (AvgIpc) is 2.40. The molecule has 1 aliphatic rings. The topological polar surface area (TPSA) is 64.9 Å². The second-order valence-electron chi connectivity index (χ2n) is 4.77. The highest BCUT2D eigenvalue weighted by molar-refractivity contribution is 6.32. The van der Waals surface area contributed by atoms with Gasteiger partial charge in [0, 0.05) is 12.1 Å². The normalized spacial score (nSPS) is 18.6. The van der Waals surface area contributed by atoms with E-state index in [1.165, 1.54) is 0 Å². The minimum atomic E-state index is -0.00512. The largest absolute Gasteiger partial charge is 0.326 e. The number of rotatable bonds is 3. The summed E-state index contributed by atoms with van der Waals surface area (Å²) in [7, 11) is 0. The van der Waals surface area contributed by atoms with Crippen molar-refractivity contribution in [2.24, 2.45) is 5.92 Å². The van der Waals surface area contributed by atoms with Crippen molar-refractivity contribution in [3.8, 4) is 6.07 Å². The molecule has 2 N–H and O–H groups in total. The van der Waals surface area contributed by atoms with E-state index in [-0.39, 0.29) is 5.91 Å². The maximum atomic E-state index is 11.9. The fourth-order valence-electron chi connectivity index (χ4n) is 2.26. The molecule has 1 unspecified atom stereocenters. The van der Waals surface area contributed by atoms with E-state index in [4.69, 9.17) is 16.9 Å². The monoisotopic (exact) mass is 277 g/mol. The number of anilines is 1. The van der Waals surface area contributed by atoms with E-state index >= 15 is 0 Å². The molecule has 1 atom stereocenters. The molecule has 5 heteroatoms. The standard InChI is InChI=1S/C14H16ClN3O/c15-13-7-12(4-3-11(13)8-16)18-14(19)6-10-2-1-5-17-9-10/h3-4,7,10,17H,1-2,5-6,9H2,(H,18,19). The molecular formula is C14H16ClN3O. The van der Waals surface area contributed by atoms with Crippen LogP contribution in [0.25, 0.3) is 0 Å². The van der Waals surface area contributed by atoms with Crippen molar-refractivity contribution in [3.05, 3.63) is 28.8 Å². The molecule has 1 fully saturated rings. The quantitative estimate of drug-likeness (QED) is 0.892. The second-order valence-corrected chi connectivity index (χ2v) is 5.18. The number of nitrogens with zero attached hydrogens (tertiary/aromatic N) is 1. The molecule has 19 heavy (non-hydrogen) atoms. The summed E-state index contributed by atoms with van der Waals surface area (Å²) >= 11 is 5.92. The highest BCUT2D eigenvalue weighted by Gasteiger charge is 2.16. The van der Waals surface area contributed by atoms with E-state index < -0.39 is 0 Å². The van der Waals surface area contributed by atoms with Crippen LogP contribution in [0, 0.1) is 17.2 Å². The van der Waals surface area contributed by atoms with Crippen LogP contribution < -0.4 is 10.6 Å². The van der Waals surface area contributed by atoms with Gasteiger partial charge in [-0.15, -0.1) is 0 Å². The minimum absolute atomic E-state index is 0.00512. The molecule has 0 saturated carbocycles. The van der Waals surface area contributed by atoms with Crippen LogP contribution in [0.2, 0.25) is 5.02 Å². The van der Waals surface area contributed by atoms with Crippen LogP contribution in [-0.2, 0) is 4.79 Å². The van der Waals surface area contributed by atoms with Gasteiger partial charge in [0.05, 0.1) is 10.6 Å². The summed E-state index contributed by atoms with van der Waals surface area (Å²) in [6.45, 7) is 1.95. The van der Waals surface area contributed by atoms with Gasteiger partial charge < -0.3 is 10.6 Å². The number of halogens is 1. The predicted octanol–water partition coefficient (Wildman–Crippen LogP) is 2.54. The highest BCUT2D eigenvalue weighted by Crippen LogP contribution is 2.21. The third-order valence-corrected chi connectivity index (χ3v) is 3.56. The van der Waals surface area contributed by atoms with E-state index in [0.717, 1.165) is 25.9 Å². The van der Waals surface area contributed by atoms with Crippen LogP contribution in [0.1, 0.15) is 24.8 Å². The Labute approximate surface area is 117 Å². The Morgan fingerprint density at radius 3 is 3.05 bits per heavy atom. The number of hydrogen-bond donors (Lipinski definition) is 2. The van der Waals surface area contributed by atoms with Gasteiger partial charge in [0.25, 0.3) is 0 Å². The molecule has 100 valence electrons. The molecule has 1 aromatic rings. The number of piperidine rings is 1. The molecule has 1 aliphatic heterocycles. The van der Waals surface area contributed by atoms with Crippen LogP contribution in [-0.4, -0.2) is 19.0 Å². The van der Waals surface area contributed by atoms with E-state index in [1.807, 2.05) is 6.07 Å². The number of nitrogens with one attached hydrogen (secondary N) is 2. The van der Waals surface area contributed by atoms with Crippen LogP contribution in [0.5, 0.6) is 0 Å². The van der Waals surface area contributed by atoms with Crippen molar-refractivity contribution < 1.29 is 4.79 Å². The lowest BCUT2D eigenvalue weighted by Gasteiger charge is -2.22.